The van der Waals surface area contributed by atoms with Gasteiger partial charge < -0.3 is 15.0 Å². The Morgan fingerprint density at radius 2 is 2.00 bits per heavy atom. The van der Waals surface area contributed by atoms with Gasteiger partial charge in [-0.15, -0.1) is 24.0 Å². The lowest BCUT2D eigenvalue weighted by Gasteiger charge is -2.30. The fourth-order valence-electron chi connectivity index (χ4n) is 3.66. The molecule has 0 radical (unpaired) electrons. The van der Waals surface area contributed by atoms with Crippen LogP contribution in [0.4, 0.5) is 0 Å². The molecule has 3 rings (SSSR count). The minimum absolute atomic E-state index is 0. The number of halogens is 1. The molecule has 0 atom stereocenters. The zero-order valence-electron chi connectivity index (χ0n) is 17.8. The van der Waals surface area contributed by atoms with Crippen molar-refractivity contribution in [1.82, 2.24) is 20.0 Å². The van der Waals surface area contributed by atoms with Gasteiger partial charge in [0.05, 0.1) is 18.8 Å². The molecule has 2 heterocycles. The topological polar surface area (TPSA) is 54.7 Å². The maximum atomic E-state index is 5.18. The fourth-order valence-corrected chi connectivity index (χ4v) is 3.66. The van der Waals surface area contributed by atoms with Crippen LogP contribution < -0.4 is 5.32 Å². The van der Waals surface area contributed by atoms with E-state index in [9.17, 15) is 0 Å². The Morgan fingerprint density at radius 3 is 2.62 bits per heavy atom. The molecule has 2 aromatic rings. The minimum Gasteiger partial charge on any atom is -0.383 e. The Hall–Kier alpha value is -1.87. The summed E-state index contributed by atoms with van der Waals surface area (Å²) in [5, 5.41) is 8.16. The van der Waals surface area contributed by atoms with E-state index in [1.807, 2.05) is 11.7 Å². The van der Waals surface area contributed by atoms with Crippen LogP contribution >= 0.6 is 24.0 Å². The van der Waals surface area contributed by atoms with Crippen LogP contribution in [0.5, 0.6) is 0 Å². The number of nitrogens with one attached hydrogen (secondary N) is 1. The molecule has 0 bridgehead atoms. The second-order valence-electron chi connectivity index (χ2n) is 7.06. The van der Waals surface area contributed by atoms with Gasteiger partial charge in [0.2, 0.25) is 0 Å². The zero-order valence-corrected chi connectivity index (χ0v) is 20.1. The number of rotatable bonds is 6. The molecule has 1 aromatic carbocycles. The predicted molar refractivity (Wildman–Crippen MR) is 130 cm³/mol. The van der Waals surface area contributed by atoms with Crippen LogP contribution in [-0.2, 0) is 17.8 Å². The number of guanidine groups is 1. The molecule has 0 spiro atoms. The lowest BCUT2D eigenvalue weighted by Crippen LogP contribution is -2.43. The molecular weight excluding hydrogens is 477 g/mol. The van der Waals surface area contributed by atoms with Gasteiger partial charge in [-0.3, -0.25) is 9.67 Å². The summed E-state index contributed by atoms with van der Waals surface area (Å²) in [7, 11) is 3.56. The van der Waals surface area contributed by atoms with E-state index in [1.165, 1.54) is 22.4 Å². The summed E-state index contributed by atoms with van der Waals surface area (Å²) in [5.41, 5.74) is 6.21. The zero-order chi connectivity index (χ0) is 19.9. The van der Waals surface area contributed by atoms with Crippen molar-refractivity contribution in [1.29, 1.82) is 0 Å². The van der Waals surface area contributed by atoms with Crippen LogP contribution in [0.3, 0.4) is 0 Å². The van der Waals surface area contributed by atoms with E-state index in [1.54, 1.807) is 7.11 Å². The van der Waals surface area contributed by atoms with Gasteiger partial charge >= 0.3 is 0 Å². The molecule has 0 unspecified atom stereocenters. The van der Waals surface area contributed by atoms with Gasteiger partial charge in [0.25, 0.3) is 0 Å². The van der Waals surface area contributed by atoms with Crippen molar-refractivity contribution in [2.24, 2.45) is 4.99 Å². The second-order valence-corrected chi connectivity index (χ2v) is 7.06. The number of ether oxygens (including phenoxy) is 1. The minimum atomic E-state index is 0. The lowest BCUT2D eigenvalue weighted by atomic mass is 10.00. The Labute approximate surface area is 191 Å². The normalized spacial score (nSPS) is 14.4. The first kappa shape index (κ1) is 23.4. The SMILES string of the molecule is CN=C(NCc1c(C)nn(CCOC)c1C)N1CC=C(c2ccccc2)CC1.I. The molecule has 1 aliphatic heterocycles. The van der Waals surface area contributed by atoms with E-state index < -0.39 is 0 Å². The van der Waals surface area contributed by atoms with Crippen LogP contribution in [-0.4, -0.2) is 54.5 Å². The van der Waals surface area contributed by atoms with Gasteiger partial charge in [-0.2, -0.15) is 5.10 Å². The van der Waals surface area contributed by atoms with Crippen LogP contribution in [0.1, 0.15) is 28.9 Å². The number of aryl methyl sites for hydroxylation is 1. The summed E-state index contributed by atoms with van der Waals surface area (Å²) in [5.74, 6) is 0.937. The number of hydrogen-bond acceptors (Lipinski definition) is 3. The van der Waals surface area contributed by atoms with Crippen molar-refractivity contribution >= 4 is 35.5 Å². The van der Waals surface area contributed by atoms with E-state index >= 15 is 0 Å². The quantitative estimate of drug-likeness (QED) is 0.367. The Balaban J connectivity index is 0.00000300. The van der Waals surface area contributed by atoms with Gasteiger partial charge in [-0.05, 0) is 31.4 Å². The summed E-state index contributed by atoms with van der Waals surface area (Å²) in [4.78, 5) is 6.79. The van der Waals surface area contributed by atoms with Crippen molar-refractivity contribution in [2.45, 2.75) is 33.4 Å². The third kappa shape index (κ3) is 5.82. The summed E-state index contributed by atoms with van der Waals surface area (Å²) < 4.78 is 7.20. The first-order chi connectivity index (χ1) is 13.6. The van der Waals surface area contributed by atoms with Gasteiger partial charge in [0, 0.05) is 45.0 Å². The van der Waals surface area contributed by atoms with Crippen molar-refractivity contribution in [2.75, 3.05) is 33.9 Å². The number of aliphatic imine (C=N–C) groups is 1. The fraction of sp³-hybridized carbons (Fsp3) is 0.455. The standard InChI is InChI=1S/C22H31N5O.HI/c1-17-21(18(2)27(25-17)14-15-28-4)16-24-22(23-3)26-12-10-20(11-13-26)19-8-6-5-7-9-19;/h5-10H,11-16H2,1-4H3,(H,23,24);1H. The van der Waals surface area contributed by atoms with E-state index in [2.05, 4.69) is 70.6 Å². The highest BCUT2D eigenvalue weighted by atomic mass is 127. The molecule has 6 nitrogen and oxygen atoms in total. The lowest BCUT2D eigenvalue weighted by molar-refractivity contribution is 0.182. The highest BCUT2D eigenvalue weighted by Crippen LogP contribution is 2.22. The molecule has 29 heavy (non-hydrogen) atoms. The van der Waals surface area contributed by atoms with E-state index in [0.717, 1.165) is 44.3 Å². The summed E-state index contributed by atoms with van der Waals surface area (Å²) >= 11 is 0. The van der Waals surface area contributed by atoms with Gasteiger partial charge in [0.1, 0.15) is 0 Å². The molecule has 0 amide bonds. The Bertz CT molecular complexity index is 844. The van der Waals surface area contributed by atoms with Gasteiger partial charge in [-0.25, -0.2) is 0 Å². The van der Waals surface area contributed by atoms with Gasteiger partial charge in [0.15, 0.2) is 5.96 Å². The Morgan fingerprint density at radius 1 is 1.24 bits per heavy atom. The Kier molecular flexibility index (Phi) is 9.16. The molecular formula is C22H32IN5O. The molecule has 1 aromatic heterocycles. The second kappa shape index (κ2) is 11.3. The molecule has 158 valence electrons. The van der Waals surface area contributed by atoms with Crippen LogP contribution in [0.25, 0.3) is 5.57 Å². The number of benzene rings is 1. The molecule has 1 N–H and O–H groups in total. The van der Waals surface area contributed by atoms with Gasteiger partial charge in [-0.1, -0.05) is 36.4 Å². The van der Waals surface area contributed by atoms with Crippen molar-refractivity contribution < 1.29 is 4.74 Å². The molecule has 0 saturated carbocycles. The molecule has 0 fully saturated rings. The first-order valence-corrected chi connectivity index (χ1v) is 9.86. The number of nitrogens with zero attached hydrogens (tertiary/aromatic N) is 4. The highest BCUT2D eigenvalue weighted by Gasteiger charge is 2.17. The average molecular weight is 509 g/mol. The largest absolute Gasteiger partial charge is 0.383 e. The van der Waals surface area contributed by atoms with Crippen molar-refractivity contribution in [3.63, 3.8) is 0 Å². The monoisotopic (exact) mass is 509 g/mol. The van der Waals surface area contributed by atoms with Crippen LogP contribution in [0, 0.1) is 13.8 Å². The third-order valence-corrected chi connectivity index (χ3v) is 5.33. The van der Waals surface area contributed by atoms with Crippen LogP contribution in [0.15, 0.2) is 41.4 Å². The summed E-state index contributed by atoms with van der Waals surface area (Å²) in [6.07, 6.45) is 3.34. The van der Waals surface area contributed by atoms with E-state index in [4.69, 9.17) is 4.74 Å². The number of aromatic nitrogens is 2. The van der Waals surface area contributed by atoms with Crippen LogP contribution in [0.2, 0.25) is 0 Å². The van der Waals surface area contributed by atoms with Crippen molar-refractivity contribution in [3.05, 3.63) is 58.9 Å². The first-order valence-electron chi connectivity index (χ1n) is 9.86. The summed E-state index contributed by atoms with van der Waals surface area (Å²) in [6.45, 7) is 8.18. The molecule has 7 heteroatoms. The molecule has 1 aliphatic rings. The predicted octanol–water partition coefficient (Wildman–Crippen LogP) is 3.63. The average Bonchev–Trinajstić information content (AvgIpc) is 3.01. The molecule has 0 aliphatic carbocycles. The third-order valence-electron chi connectivity index (χ3n) is 5.33. The number of methoxy groups -OCH3 is 1. The van der Waals surface area contributed by atoms with Crippen molar-refractivity contribution in [3.8, 4) is 0 Å². The number of hydrogen-bond donors (Lipinski definition) is 1. The van der Waals surface area contributed by atoms with E-state index in [-0.39, 0.29) is 24.0 Å². The maximum absolute atomic E-state index is 5.18. The highest BCUT2D eigenvalue weighted by molar-refractivity contribution is 14.0. The smallest absolute Gasteiger partial charge is 0.194 e. The van der Waals surface area contributed by atoms with E-state index in [0.29, 0.717) is 6.61 Å². The molecule has 0 saturated heterocycles. The maximum Gasteiger partial charge on any atom is 0.194 e. The summed E-state index contributed by atoms with van der Waals surface area (Å²) in [6, 6.07) is 10.6.